The van der Waals surface area contributed by atoms with Crippen molar-refractivity contribution in [3.8, 4) is 5.75 Å². The summed E-state index contributed by atoms with van der Waals surface area (Å²) in [5.74, 6) is -0.556. The van der Waals surface area contributed by atoms with E-state index in [9.17, 15) is 14.3 Å². The lowest BCUT2D eigenvalue weighted by atomic mass is 10.1. The fourth-order valence-corrected chi connectivity index (χ4v) is 2.68. The van der Waals surface area contributed by atoms with Gasteiger partial charge in [0, 0.05) is 24.4 Å². The number of halogens is 1. The first-order valence-electron chi connectivity index (χ1n) is 9.39. The van der Waals surface area contributed by atoms with Gasteiger partial charge in [-0.05, 0) is 30.3 Å². The quantitative estimate of drug-likeness (QED) is 0.461. The van der Waals surface area contributed by atoms with E-state index in [1.54, 1.807) is 60.7 Å². The Morgan fingerprint density at radius 2 is 1.55 bits per heavy atom. The molecule has 168 valence electrons. The zero-order chi connectivity index (χ0) is 23.2. The lowest BCUT2D eigenvalue weighted by molar-refractivity contribution is 0.0549. The van der Waals surface area contributed by atoms with Crippen molar-refractivity contribution in [2.24, 2.45) is 17.2 Å². The Labute approximate surface area is 181 Å². The van der Waals surface area contributed by atoms with Gasteiger partial charge in [0.25, 0.3) is 0 Å². The molecular weight excluding hydrogens is 403 g/mol. The van der Waals surface area contributed by atoms with Crippen LogP contribution in [0.3, 0.4) is 0 Å². The summed E-state index contributed by atoms with van der Waals surface area (Å²) in [6.07, 6.45) is 1.69. The molecule has 0 bridgehead atoms. The number of ether oxygens (including phenoxy) is 1. The van der Waals surface area contributed by atoms with Gasteiger partial charge in [0.15, 0.2) is 0 Å². The summed E-state index contributed by atoms with van der Waals surface area (Å²) in [6.45, 7) is 2.66. The van der Waals surface area contributed by atoms with E-state index in [0.717, 1.165) is 0 Å². The minimum absolute atomic E-state index is 0.123. The Balaban J connectivity index is 0.000000365. The third kappa shape index (κ3) is 8.27. The molecular formula is C22H29FN4O4. The van der Waals surface area contributed by atoms with Gasteiger partial charge in [-0.15, -0.1) is 0 Å². The largest absolute Gasteiger partial charge is 0.507 e. The number of nitrogens with two attached hydrogens (primary N) is 3. The summed E-state index contributed by atoms with van der Waals surface area (Å²) < 4.78 is 14.8. The van der Waals surface area contributed by atoms with Crippen LogP contribution in [-0.2, 0) is 4.74 Å². The molecule has 3 rings (SSSR count). The number of carboxylic acid groups (broad SMARTS) is 1. The molecule has 0 unspecified atom stereocenters. The van der Waals surface area contributed by atoms with Gasteiger partial charge in [0.05, 0.1) is 31.7 Å². The van der Waals surface area contributed by atoms with Gasteiger partial charge in [0.2, 0.25) is 0 Å². The number of hydrogen-bond acceptors (Lipinski definition) is 7. The maximum Gasteiger partial charge on any atom is 0.335 e. The molecule has 1 heterocycles. The predicted octanol–water partition coefficient (Wildman–Crippen LogP) is 2.08. The SMILES string of the molecule is CF.NC(N)=C(/C=C(\N)c1ccccc1O)N1CCOCC1.O=C(O)c1ccccc1. The molecule has 0 aliphatic carbocycles. The minimum Gasteiger partial charge on any atom is -0.507 e. The van der Waals surface area contributed by atoms with E-state index in [4.69, 9.17) is 27.0 Å². The monoisotopic (exact) mass is 432 g/mol. The highest BCUT2D eigenvalue weighted by Gasteiger charge is 2.15. The number of para-hydroxylation sites is 1. The van der Waals surface area contributed by atoms with Crippen LogP contribution in [-0.4, -0.2) is 54.6 Å². The number of carbonyl (C=O) groups is 1. The number of hydrogen-bond donors (Lipinski definition) is 5. The van der Waals surface area contributed by atoms with Gasteiger partial charge in [0.1, 0.15) is 11.6 Å². The highest BCUT2D eigenvalue weighted by Crippen LogP contribution is 2.23. The second kappa shape index (κ2) is 13.5. The number of aromatic carboxylic acids is 1. The molecule has 0 atom stereocenters. The molecule has 0 aromatic heterocycles. The van der Waals surface area contributed by atoms with E-state index in [-0.39, 0.29) is 11.6 Å². The van der Waals surface area contributed by atoms with Gasteiger partial charge >= 0.3 is 5.97 Å². The molecule has 0 amide bonds. The number of benzene rings is 2. The van der Waals surface area contributed by atoms with E-state index in [0.29, 0.717) is 56.0 Å². The molecule has 31 heavy (non-hydrogen) atoms. The van der Waals surface area contributed by atoms with Crippen molar-refractivity contribution >= 4 is 11.7 Å². The van der Waals surface area contributed by atoms with Crippen LogP contribution in [0, 0.1) is 0 Å². The number of rotatable bonds is 4. The number of alkyl halides is 1. The molecule has 8 N–H and O–H groups in total. The van der Waals surface area contributed by atoms with Gasteiger partial charge in [-0.3, -0.25) is 4.39 Å². The van der Waals surface area contributed by atoms with Crippen LogP contribution in [0.15, 0.2) is 72.2 Å². The molecule has 2 aromatic carbocycles. The van der Waals surface area contributed by atoms with Gasteiger partial charge in [-0.25, -0.2) is 4.79 Å². The third-order valence-electron chi connectivity index (χ3n) is 4.18. The Kier molecular flexibility index (Phi) is 11.0. The number of nitrogens with zero attached hydrogens (tertiary/aromatic N) is 1. The maximum atomic E-state index is 10.2. The average Bonchev–Trinajstić information content (AvgIpc) is 2.80. The first-order valence-corrected chi connectivity index (χ1v) is 9.39. The molecule has 8 nitrogen and oxygen atoms in total. The van der Waals surface area contributed by atoms with Crippen LogP contribution in [0.4, 0.5) is 4.39 Å². The van der Waals surface area contributed by atoms with Crippen molar-refractivity contribution in [2.75, 3.05) is 33.5 Å². The fourth-order valence-electron chi connectivity index (χ4n) is 2.68. The summed E-state index contributed by atoms with van der Waals surface area (Å²) in [5.41, 5.74) is 19.5. The standard InChI is InChI=1S/C14H20N4O2.C7H6O2.CH3F/c15-11(10-3-1-2-4-13(10)19)9-12(14(16)17)18-5-7-20-8-6-18;8-7(9)6-4-2-1-3-5-6;1-2/h1-4,9,19H,5-8,15-17H2;1-5H,(H,8,9);1H3/b11-9-;;. The summed E-state index contributed by atoms with van der Waals surface area (Å²) in [4.78, 5) is 12.2. The van der Waals surface area contributed by atoms with Crippen LogP contribution in [0.1, 0.15) is 15.9 Å². The highest BCUT2D eigenvalue weighted by molar-refractivity contribution is 5.87. The third-order valence-corrected chi connectivity index (χ3v) is 4.18. The van der Waals surface area contributed by atoms with E-state index < -0.39 is 5.97 Å². The van der Waals surface area contributed by atoms with E-state index >= 15 is 0 Å². The number of phenolic OH excluding ortho intramolecular Hbond substituents is 1. The Hall–Kier alpha value is -3.72. The van der Waals surface area contributed by atoms with Crippen LogP contribution < -0.4 is 17.2 Å². The van der Waals surface area contributed by atoms with Crippen LogP contribution in [0.5, 0.6) is 5.75 Å². The lowest BCUT2D eigenvalue weighted by Crippen LogP contribution is -2.37. The summed E-state index contributed by atoms with van der Waals surface area (Å²) in [7, 11) is 0.500. The van der Waals surface area contributed by atoms with Crippen molar-refractivity contribution in [1.29, 1.82) is 0 Å². The normalized spacial score (nSPS) is 13.1. The second-order valence-corrected chi connectivity index (χ2v) is 6.23. The van der Waals surface area contributed by atoms with Gasteiger partial charge < -0.3 is 37.1 Å². The maximum absolute atomic E-state index is 10.2. The van der Waals surface area contributed by atoms with Crippen molar-refractivity contribution in [2.45, 2.75) is 0 Å². The topological polar surface area (TPSA) is 148 Å². The summed E-state index contributed by atoms with van der Waals surface area (Å²) in [6, 6.07) is 15.2. The highest BCUT2D eigenvalue weighted by atomic mass is 19.1. The van der Waals surface area contributed by atoms with Crippen molar-refractivity contribution in [3.05, 3.63) is 83.3 Å². The number of allylic oxidation sites excluding steroid dienone is 1. The van der Waals surface area contributed by atoms with Gasteiger partial charge in [-0.2, -0.15) is 0 Å². The molecule has 1 aliphatic heterocycles. The Bertz CT molecular complexity index is 878. The zero-order valence-electron chi connectivity index (χ0n) is 17.4. The Morgan fingerprint density at radius 3 is 2.03 bits per heavy atom. The van der Waals surface area contributed by atoms with Crippen molar-refractivity contribution in [1.82, 2.24) is 4.90 Å². The second-order valence-electron chi connectivity index (χ2n) is 6.23. The van der Waals surface area contributed by atoms with Crippen LogP contribution in [0.25, 0.3) is 5.70 Å². The molecule has 2 aromatic rings. The van der Waals surface area contributed by atoms with E-state index in [2.05, 4.69) is 0 Å². The molecule has 0 radical (unpaired) electrons. The van der Waals surface area contributed by atoms with Gasteiger partial charge in [-0.1, -0.05) is 30.3 Å². The summed E-state index contributed by atoms with van der Waals surface area (Å²) in [5, 5.41) is 18.2. The lowest BCUT2D eigenvalue weighted by Gasteiger charge is -2.30. The van der Waals surface area contributed by atoms with Crippen molar-refractivity contribution in [3.63, 3.8) is 0 Å². The van der Waals surface area contributed by atoms with Crippen LogP contribution >= 0.6 is 0 Å². The molecule has 0 spiro atoms. The molecule has 9 heteroatoms. The van der Waals surface area contributed by atoms with Crippen molar-refractivity contribution < 1.29 is 24.1 Å². The predicted molar refractivity (Wildman–Crippen MR) is 118 cm³/mol. The van der Waals surface area contributed by atoms with E-state index in [1.807, 2.05) is 4.90 Å². The molecule has 1 fully saturated rings. The average molecular weight is 432 g/mol. The number of phenols is 1. The first kappa shape index (κ1) is 25.3. The number of aromatic hydroxyl groups is 1. The van der Waals surface area contributed by atoms with Crippen LogP contribution in [0.2, 0.25) is 0 Å². The zero-order valence-corrected chi connectivity index (χ0v) is 17.4. The Morgan fingerprint density at radius 1 is 1.00 bits per heavy atom. The summed E-state index contributed by atoms with van der Waals surface area (Å²) >= 11 is 0. The molecule has 0 saturated carbocycles. The molecule has 1 saturated heterocycles. The number of morpholine rings is 1. The first-order chi connectivity index (χ1) is 14.9. The van der Waals surface area contributed by atoms with E-state index in [1.165, 1.54) is 0 Å². The minimum atomic E-state index is -0.879. The smallest absolute Gasteiger partial charge is 0.335 e. The molecule has 1 aliphatic rings. The fraction of sp³-hybridized carbons (Fsp3) is 0.227. The number of carboxylic acids is 1.